The number of nitrogens with one attached hydrogen (secondary N) is 3. The number of benzene rings is 2. The largest absolute Gasteiger partial charge is 0.300 e. The number of hydrogen-bond donors (Lipinski definition) is 3. The third-order valence-corrected chi connectivity index (χ3v) is 10.9. The Balaban J connectivity index is 0.000000177. The van der Waals surface area contributed by atoms with Crippen molar-refractivity contribution >= 4 is 46.2 Å². The van der Waals surface area contributed by atoms with E-state index in [9.17, 15) is 20.1 Å². The lowest BCUT2D eigenvalue weighted by Gasteiger charge is -2.06. The Bertz CT molecular complexity index is 2440. The summed E-state index contributed by atoms with van der Waals surface area (Å²) in [5.74, 6) is 1.82. The van der Waals surface area contributed by atoms with Gasteiger partial charge < -0.3 is 9.97 Å². The Hall–Kier alpha value is -5.65. The highest BCUT2D eigenvalue weighted by molar-refractivity contribution is 7.98. The van der Waals surface area contributed by atoms with Crippen LogP contribution in [0.25, 0.3) is 32.5 Å². The molecule has 0 spiro atoms. The number of nitrogens with zero attached hydrogens (tertiary/aromatic N) is 7. The van der Waals surface area contributed by atoms with Crippen LogP contribution in [0, 0.1) is 22.7 Å². The van der Waals surface area contributed by atoms with Crippen molar-refractivity contribution in [3.63, 3.8) is 0 Å². The molecule has 5 aromatic heterocycles. The number of rotatable bonds is 10. The van der Waals surface area contributed by atoms with Gasteiger partial charge in [-0.2, -0.15) is 15.7 Å². The van der Waals surface area contributed by atoms with Gasteiger partial charge in [-0.05, 0) is 57.3 Å². The highest BCUT2D eigenvalue weighted by Crippen LogP contribution is 2.29. The first-order valence-electron chi connectivity index (χ1n) is 15.3. The number of thioether (sulfide) groups is 2. The minimum Gasteiger partial charge on any atom is -0.300 e. The Morgan fingerprint density at radius 2 is 1.27 bits per heavy atom. The van der Waals surface area contributed by atoms with Crippen LogP contribution in [-0.4, -0.2) is 40.6 Å². The molecule has 7 rings (SSSR count). The summed E-state index contributed by atoms with van der Waals surface area (Å²) in [5, 5.41) is 37.3. The Morgan fingerprint density at radius 3 is 1.76 bits per heavy atom. The molecule has 16 heteroatoms. The standard InChI is InChI=1S/C18H15N3OS2.C17H11N7OS2/c1-2-12-5-3-6-13(9-12)11-24-18-20-16(15-7-4-8-23-15)14(10-19)17(22)21-18;18-8-12-14(13-5-2-6-26-13)19-17(20-16(12)25)27-9-10-3-1-4-11(7-10)15-21-23-24-22-15/h3-9H,2,11H2,1H3,(H,20,21,22);1-7H,9H2,(H,19,20,25)(H,21,22,23,24). The number of H-pyrrole nitrogens is 3. The number of aromatic amines is 3. The first-order chi connectivity index (χ1) is 24.9. The zero-order valence-corrected chi connectivity index (χ0v) is 30.1. The topological polar surface area (TPSA) is 194 Å². The normalized spacial score (nSPS) is 10.6. The van der Waals surface area contributed by atoms with Gasteiger partial charge in [-0.15, -0.1) is 32.9 Å². The van der Waals surface area contributed by atoms with Gasteiger partial charge >= 0.3 is 0 Å². The Morgan fingerprint density at radius 1 is 0.725 bits per heavy atom. The maximum absolute atomic E-state index is 12.3. The van der Waals surface area contributed by atoms with E-state index in [4.69, 9.17) is 0 Å². The van der Waals surface area contributed by atoms with Gasteiger partial charge in [0.1, 0.15) is 34.7 Å². The van der Waals surface area contributed by atoms with Crippen molar-refractivity contribution in [3.8, 4) is 44.7 Å². The summed E-state index contributed by atoms with van der Waals surface area (Å²) in [6.45, 7) is 2.12. The summed E-state index contributed by atoms with van der Waals surface area (Å²) in [6, 6.07) is 27.5. The smallest absolute Gasteiger partial charge is 0.270 e. The second-order valence-electron chi connectivity index (χ2n) is 10.6. The van der Waals surface area contributed by atoms with Gasteiger partial charge in [0.2, 0.25) is 5.82 Å². The second kappa shape index (κ2) is 16.8. The Kier molecular flexibility index (Phi) is 11.6. The molecule has 0 unspecified atom stereocenters. The molecule has 0 saturated carbocycles. The van der Waals surface area contributed by atoms with Gasteiger partial charge in [0, 0.05) is 17.1 Å². The van der Waals surface area contributed by atoms with Crippen LogP contribution in [0.3, 0.4) is 0 Å². The lowest BCUT2D eigenvalue weighted by atomic mass is 10.1. The minimum absolute atomic E-state index is 0.0286. The second-order valence-corrected chi connectivity index (χ2v) is 14.4. The summed E-state index contributed by atoms with van der Waals surface area (Å²) in [5.41, 5.74) is 4.49. The number of hydrogen-bond acceptors (Lipinski definition) is 13. The monoisotopic (exact) mass is 746 g/mol. The van der Waals surface area contributed by atoms with E-state index in [1.807, 2.05) is 77.5 Å². The van der Waals surface area contributed by atoms with Crippen molar-refractivity contribution in [2.45, 2.75) is 35.2 Å². The van der Waals surface area contributed by atoms with Crippen LogP contribution in [0.15, 0.2) is 103 Å². The average molecular weight is 747 g/mol. The van der Waals surface area contributed by atoms with Gasteiger partial charge in [-0.25, -0.2) is 9.97 Å². The number of thiophene rings is 2. The van der Waals surface area contributed by atoms with Crippen LogP contribution in [0.5, 0.6) is 0 Å². The van der Waals surface area contributed by atoms with Crippen LogP contribution < -0.4 is 11.1 Å². The van der Waals surface area contributed by atoms with E-state index in [0.29, 0.717) is 39.0 Å². The van der Waals surface area contributed by atoms with Gasteiger partial charge in [-0.1, -0.05) is 85.0 Å². The van der Waals surface area contributed by atoms with E-state index in [1.165, 1.54) is 57.3 Å². The average Bonchev–Trinajstić information content (AvgIpc) is 3.98. The van der Waals surface area contributed by atoms with Crippen LogP contribution in [0.1, 0.15) is 34.7 Å². The van der Waals surface area contributed by atoms with Crippen molar-refractivity contribution < 1.29 is 0 Å². The number of tetrazole rings is 1. The molecule has 7 aromatic rings. The quantitative estimate of drug-likeness (QED) is 0.0958. The minimum atomic E-state index is -0.432. The zero-order chi connectivity index (χ0) is 35.6. The van der Waals surface area contributed by atoms with Crippen LogP contribution in [0.4, 0.5) is 0 Å². The molecule has 0 aliphatic heterocycles. The molecule has 0 aliphatic carbocycles. The molecule has 0 saturated heterocycles. The maximum atomic E-state index is 12.3. The van der Waals surface area contributed by atoms with E-state index in [0.717, 1.165) is 27.3 Å². The highest BCUT2D eigenvalue weighted by atomic mass is 32.2. The third-order valence-electron chi connectivity index (χ3n) is 7.21. The fourth-order valence-electron chi connectivity index (χ4n) is 4.76. The van der Waals surface area contributed by atoms with Gasteiger partial charge in [0.25, 0.3) is 11.1 Å². The summed E-state index contributed by atoms with van der Waals surface area (Å²) in [4.78, 5) is 40.4. The molecule has 2 aromatic carbocycles. The lowest BCUT2D eigenvalue weighted by Crippen LogP contribution is -2.14. The molecular weight excluding hydrogens is 721 g/mol. The first-order valence-corrected chi connectivity index (χ1v) is 19.0. The molecule has 51 heavy (non-hydrogen) atoms. The molecule has 0 fully saturated rings. The predicted octanol–water partition coefficient (Wildman–Crippen LogP) is 7.07. The van der Waals surface area contributed by atoms with Crippen LogP contribution in [-0.2, 0) is 17.9 Å². The van der Waals surface area contributed by atoms with E-state index in [-0.39, 0.29) is 16.7 Å². The molecule has 0 radical (unpaired) electrons. The van der Waals surface area contributed by atoms with Crippen LogP contribution >= 0.6 is 46.2 Å². The fraction of sp³-hybridized carbons (Fsp3) is 0.114. The summed E-state index contributed by atoms with van der Waals surface area (Å²) in [7, 11) is 0. The van der Waals surface area contributed by atoms with Gasteiger partial charge in [-0.3, -0.25) is 9.59 Å². The third kappa shape index (κ3) is 8.75. The van der Waals surface area contributed by atoms with Crippen molar-refractivity contribution in [1.29, 1.82) is 10.5 Å². The Labute approximate surface area is 307 Å². The molecule has 3 N–H and O–H groups in total. The lowest BCUT2D eigenvalue weighted by molar-refractivity contribution is 0.881. The molecule has 0 aliphatic rings. The highest BCUT2D eigenvalue weighted by Gasteiger charge is 2.16. The first kappa shape index (κ1) is 35.2. The molecule has 0 atom stereocenters. The fourth-order valence-corrected chi connectivity index (χ4v) is 7.81. The predicted molar refractivity (Wildman–Crippen MR) is 200 cm³/mol. The van der Waals surface area contributed by atoms with Crippen molar-refractivity contribution in [1.82, 2.24) is 40.6 Å². The summed E-state index contributed by atoms with van der Waals surface area (Å²) in [6.07, 6.45) is 0.993. The van der Waals surface area contributed by atoms with Gasteiger partial charge in [0.05, 0.1) is 9.75 Å². The van der Waals surface area contributed by atoms with Crippen molar-refractivity contribution in [2.24, 2.45) is 0 Å². The van der Waals surface area contributed by atoms with E-state index in [1.54, 1.807) is 0 Å². The number of nitriles is 2. The molecular formula is C35H26N10O2S4. The van der Waals surface area contributed by atoms with Gasteiger partial charge in [0.15, 0.2) is 10.3 Å². The maximum Gasteiger partial charge on any atom is 0.270 e. The molecule has 0 bridgehead atoms. The zero-order valence-electron chi connectivity index (χ0n) is 26.8. The van der Waals surface area contributed by atoms with E-state index < -0.39 is 5.56 Å². The SMILES string of the molecule is CCc1cccc(CSc2nc(-c3cccs3)c(C#N)c(=O)[nH]2)c1.N#Cc1c(-c2cccs2)nc(SCc2cccc(-c3nn[nH]n3)c2)[nH]c1=O. The van der Waals surface area contributed by atoms with Crippen molar-refractivity contribution in [3.05, 3.63) is 132 Å². The van der Waals surface area contributed by atoms with E-state index >= 15 is 0 Å². The molecule has 12 nitrogen and oxygen atoms in total. The van der Waals surface area contributed by atoms with Crippen LogP contribution in [0.2, 0.25) is 0 Å². The van der Waals surface area contributed by atoms with E-state index in [2.05, 4.69) is 65.7 Å². The van der Waals surface area contributed by atoms with Crippen molar-refractivity contribution in [2.75, 3.05) is 0 Å². The summed E-state index contributed by atoms with van der Waals surface area (Å²) >= 11 is 5.76. The number of aromatic nitrogens is 8. The number of aryl methyl sites for hydroxylation is 1. The summed E-state index contributed by atoms with van der Waals surface area (Å²) < 4.78 is 0. The molecule has 0 amide bonds. The molecule has 5 heterocycles. The molecule has 252 valence electrons.